The van der Waals surface area contributed by atoms with Gasteiger partial charge in [0.15, 0.2) is 0 Å². The SMILES string of the molecule is CCOC(=O)c1cccc(NC(=O)c2ccc(CS(=O)(=O)N3CCCCC3)cc2)c1C. The number of hydrogen-bond acceptors (Lipinski definition) is 5. The summed E-state index contributed by atoms with van der Waals surface area (Å²) in [5.74, 6) is -0.847. The number of benzene rings is 2. The summed E-state index contributed by atoms with van der Waals surface area (Å²) in [6, 6.07) is 11.6. The van der Waals surface area contributed by atoms with E-state index in [2.05, 4.69) is 5.32 Å². The van der Waals surface area contributed by atoms with Crippen LogP contribution in [0.15, 0.2) is 42.5 Å². The highest BCUT2D eigenvalue weighted by molar-refractivity contribution is 7.88. The second kappa shape index (κ2) is 10.1. The summed E-state index contributed by atoms with van der Waals surface area (Å²) in [5, 5.41) is 2.81. The zero-order chi connectivity index (χ0) is 22.4. The molecular formula is C23H28N2O5S. The second-order valence-corrected chi connectivity index (χ2v) is 9.53. The van der Waals surface area contributed by atoms with Crippen molar-refractivity contribution in [3.63, 3.8) is 0 Å². The Morgan fingerprint density at radius 1 is 1.03 bits per heavy atom. The lowest BCUT2D eigenvalue weighted by Crippen LogP contribution is -2.36. The van der Waals surface area contributed by atoms with Gasteiger partial charge in [0, 0.05) is 24.3 Å². The van der Waals surface area contributed by atoms with Crippen LogP contribution >= 0.6 is 0 Å². The Morgan fingerprint density at radius 2 is 1.71 bits per heavy atom. The van der Waals surface area contributed by atoms with Crippen LogP contribution in [0.1, 0.15) is 58.0 Å². The van der Waals surface area contributed by atoms with Gasteiger partial charge >= 0.3 is 5.97 Å². The molecule has 7 nitrogen and oxygen atoms in total. The first-order chi connectivity index (χ1) is 14.8. The second-order valence-electron chi connectivity index (χ2n) is 7.57. The van der Waals surface area contributed by atoms with Crippen molar-refractivity contribution in [3.05, 3.63) is 64.7 Å². The normalized spacial score (nSPS) is 14.8. The molecule has 3 rings (SSSR count). The van der Waals surface area contributed by atoms with Gasteiger partial charge in [0.2, 0.25) is 10.0 Å². The number of carbonyl (C=O) groups is 2. The summed E-state index contributed by atoms with van der Waals surface area (Å²) in [6.07, 6.45) is 2.86. The van der Waals surface area contributed by atoms with Gasteiger partial charge in [0.1, 0.15) is 0 Å². The predicted molar refractivity (Wildman–Crippen MR) is 120 cm³/mol. The van der Waals surface area contributed by atoms with Crippen LogP contribution in [0.3, 0.4) is 0 Å². The van der Waals surface area contributed by atoms with Crippen molar-refractivity contribution in [2.75, 3.05) is 25.0 Å². The minimum absolute atomic E-state index is 0.0738. The van der Waals surface area contributed by atoms with E-state index in [1.807, 2.05) is 0 Å². The molecule has 0 aliphatic carbocycles. The molecule has 1 saturated heterocycles. The third-order valence-corrected chi connectivity index (χ3v) is 7.20. The average Bonchev–Trinajstić information content (AvgIpc) is 2.76. The van der Waals surface area contributed by atoms with Crippen LogP contribution in [0.25, 0.3) is 0 Å². The van der Waals surface area contributed by atoms with Crippen molar-refractivity contribution < 1.29 is 22.7 Å². The number of sulfonamides is 1. The van der Waals surface area contributed by atoms with Crippen molar-refractivity contribution in [3.8, 4) is 0 Å². The molecule has 0 saturated carbocycles. The van der Waals surface area contributed by atoms with Crippen LogP contribution in [0.5, 0.6) is 0 Å². The molecule has 8 heteroatoms. The molecule has 1 amide bonds. The number of amides is 1. The van der Waals surface area contributed by atoms with Gasteiger partial charge in [0.05, 0.1) is 17.9 Å². The molecule has 1 heterocycles. The van der Waals surface area contributed by atoms with E-state index in [9.17, 15) is 18.0 Å². The molecule has 1 fully saturated rings. The van der Waals surface area contributed by atoms with Crippen LogP contribution < -0.4 is 5.32 Å². The summed E-state index contributed by atoms with van der Waals surface area (Å²) in [7, 11) is -3.35. The van der Waals surface area contributed by atoms with E-state index in [1.165, 1.54) is 0 Å². The molecule has 0 atom stereocenters. The van der Waals surface area contributed by atoms with E-state index in [-0.39, 0.29) is 18.3 Å². The van der Waals surface area contributed by atoms with Crippen LogP contribution in [-0.2, 0) is 20.5 Å². The minimum Gasteiger partial charge on any atom is -0.462 e. The molecule has 0 unspecified atom stereocenters. The Hall–Kier alpha value is -2.71. The van der Waals surface area contributed by atoms with Gasteiger partial charge in [-0.2, -0.15) is 0 Å². The van der Waals surface area contributed by atoms with Crippen molar-refractivity contribution in [1.82, 2.24) is 4.31 Å². The number of nitrogens with one attached hydrogen (secondary N) is 1. The number of hydrogen-bond donors (Lipinski definition) is 1. The van der Waals surface area contributed by atoms with Crippen molar-refractivity contribution in [2.24, 2.45) is 0 Å². The zero-order valence-electron chi connectivity index (χ0n) is 17.9. The van der Waals surface area contributed by atoms with Gasteiger partial charge in [-0.15, -0.1) is 0 Å². The number of rotatable bonds is 7. The molecule has 31 heavy (non-hydrogen) atoms. The Labute approximate surface area is 183 Å². The number of piperidine rings is 1. The first kappa shape index (κ1) is 23.0. The summed E-state index contributed by atoms with van der Waals surface area (Å²) >= 11 is 0. The van der Waals surface area contributed by atoms with Crippen LogP contribution in [0, 0.1) is 6.92 Å². The fourth-order valence-electron chi connectivity index (χ4n) is 3.59. The van der Waals surface area contributed by atoms with Gasteiger partial charge < -0.3 is 10.1 Å². The lowest BCUT2D eigenvalue weighted by Gasteiger charge is -2.25. The molecule has 2 aromatic rings. The Bertz CT molecular complexity index is 1040. The maximum atomic E-state index is 12.7. The first-order valence-electron chi connectivity index (χ1n) is 10.5. The minimum atomic E-state index is -3.35. The van der Waals surface area contributed by atoms with Gasteiger partial charge in [0.25, 0.3) is 5.91 Å². The van der Waals surface area contributed by atoms with Gasteiger partial charge in [-0.1, -0.05) is 24.6 Å². The van der Waals surface area contributed by atoms with Gasteiger partial charge in [-0.25, -0.2) is 17.5 Å². The lowest BCUT2D eigenvalue weighted by molar-refractivity contribution is 0.0525. The summed E-state index contributed by atoms with van der Waals surface area (Å²) in [5.41, 5.74) is 2.59. The topological polar surface area (TPSA) is 92.8 Å². The molecule has 1 N–H and O–H groups in total. The quantitative estimate of drug-likeness (QED) is 0.657. The molecule has 166 valence electrons. The Morgan fingerprint density at radius 3 is 2.35 bits per heavy atom. The maximum Gasteiger partial charge on any atom is 0.338 e. The fraction of sp³-hybridized carbons (Fsp3) is 0.391. The van der Waals surface area contributed by atoms with E-state index in [0.717, 1.165) is 19.3 Å². The lowest BCUT2D eigenvalue weighted by atomic mass is 10.1. The summed E-state index contributed by atoms with van der Waals surface area (Å²) in [4.78, 5) is 24.7. The van der Waals surface area contributed by atoms with Crippen LogP contribution in [0.4, 0.5) is 5.69 Å². The largest absolute Gasteiger partial charge is 0.462 e. The monoisotopic (exact) mass is 444 g/mol. The van der Waals surface area contributed by atoms with E-state index in [1.54, 1.807) is 60.6 Å². The highest BCUT2D eigenvalue weighted by Crippen LogP contribution is 2.21. The average molecular weight is 445 g/mol. The van der Waals surface area contributed by atoms with Gasteiger partial charge in [-0.05, 0) is 62.1 Å². The highest BCUT2D eigenvalue weighted by atomic mass is 32.2. The summed E-state index contributed by atoms with van der Waals surface area (Å²) in [6.45, 7) is 4.91. The highest BCUT2D eigenvalue weighted by Gasteiger charge is 2.24. The summed E-state index contributed by atoms with van der Waals surface area (Å²) < 4.78 is 31.8. The third kappa shape index (κ3) is 5.71. The Kier molecular flexibility index (Phi) is 7.46. The number of esters is 1. The van der Waals surface area contributed by atoms with Crippen LogP contribution in [0.2, 0.25) is 0 Å². The molecule has 0 radical (unpaired) electrons. The molecule has 1 aliphatic heterocycles. The molecule has 0 spiro atoms. The number of carbonyl (C=O) groups excluding carboxylic acids is 2. The number of anilines is 1. The predicted octanol–water partition coefficient (Wildman–Crippen LogP) is 3.74. The van der Waals surface area contributed by atoms with Crippen LogP contribution in [-0.4, -0.2) is 44.3 Å². The standard InChI is InChI=1S/C23H28N2O5S/c1-3-30-23(27)20-8-7-9-21(17(20)2)24-22(26)19-12-10-18(11-13-19)16-31(28,29)25-14-5-4-6-15-25/h7-13H,3-6,14-16H2,1-2H3,(H,24,26). The molecular weight excluding hydrogens is 416 g/mol. The number of ether oxygens (including phenoxy) is 1. The molecule has 1 aliphatic rings. The van der Waals surface area contributed by atoms with E-state index < -0.39 is 16.0 Å². The molecule has 2 aromatic carbocycles. The first-order valence-corrected chi connectivity index (χ1v) is 12.1. The van der Waals surface area contributed by atoms with Crippen molar-refractivity contribution in [2.45, 2.75) is 38.9 Å². The van der Waals surface area contributed by atoms with Gasteiger partial charge in [-0.3, -0.25) is 4.79 Å². The third-order valence-electron chi connectivity index (χ3n) is 5.35. The molecule has 0 bridgehead atoms. The van der Waals surface area contributed by atoms with E-state index >= 15 is 0 Å². The zero-order valence-corrected chi connectivity index (χ0v) is 18.7. The number of nitrogens with zero attached hydrogens (tertiary/aromatic N) is 1. The van der Waals surface area contributed by atoms with Crippen molar-refractivity contribution >= 4 is 27.6 Å². The smallest absolute Gasteiger partial charge is 0.338 e. The fourth-order valence-corrected chi connectivity index (χ4v) is 5.20. The molecule has 0 aromatic heterocycles. The van der Waals surface area contributed by atoms with E-state index in [4.69, 9.17) is 4.74 Å². The Balaban J connectivity index is 1.68. The van der Waals surface area contributed by atoms with Crippen molar-refractivity contribution in [1.29, 1.82) is 0 Å². The van der Waals surface area contributed by atoms with E-state index in [0.29, 0.717) is 41.0 Å². The maximum absolute atomic E-state index is 12.7.